The van der Waals surface area contributed by atoms with E-state index in [1.807, 2.05) is 29.2 Å². The van der Waals surface area contributed by atoms with Gasteiger partial charge in [0.15, 0.2) is 0 Å². The van der Waals surface area contributed by atoms with Crippen LogP contribution < -0.4 is 5.32 Å². The van der Waals surface area contributed by atoms with E-state index >= 15 is 0 Å². The van der Waals surface area contributed by atoms with Gasteiger partial charge in [0.25, 0.3) is 0 Å². The topological polar surface area (TPSA) is 52.7 Å². The summed E-state index contributed by atoms with van der Waals surface area (Å²) in [5.41, 5.74) is 1.06. The van der Waals surface area contributed by atoms with Crippen molar-refractivity contribution in [1.82, 2.24) is 15.1 Å². The summed E-state index contributed by atoms with van der Waals surface area (Å²) in [7, 11) is 0. The Morgan fingerprint density at radius 2 is 2.08 bits per heavy atom. The number of amides is 2. The zero-order valence-electron chi connectivity index (χ0n) is 13.7. The van der Waals surface area contributed by atoms with E-state index in [4.69, 9.17) is 11.6 Å². The monoisotopic (exact) mass is 371 g/mol. The third-order valence-corrected chi connectivity index (χ3v) is 4.98. The van der Waals surface area contributed by atoms with Crippen LogP contribution in [0.1, 0.15) is 24.9 Å². The number of carbonyl (C=O) groups excluding carboxylic acids is 2. The van der Waals surface area contributed by atoms with E-state index in [2.05, 4.69) is 5.32 Å². The zero-order valence-corrected chi connectivity index (χ0v) is 15.3. The molecule has 0 radical (unpaired) electrons. The SMILES string of the molecule is CC(=O)N1CCC(C(=O)N2CCNCC2c2cccc(Cl)c2)C1.Cl. The molecule has 0 bridgehead atoms. The summed E-state index contributed by atoms with van der Waals surface area (Å²) in [5, 5.41) is 4.04. The molecule has 0 aromatic heterocycles. The molecule has 0 spiro atoms. The largest absolute Gasteiger partial charge is 0.342 e. The first kappa shape index (κ1) is 19.0. The van der Waals surface area contributed by atoms with E-state index in [0.29, 0.717) is 24.7 Å². The van der Waals surface area contributed by atoms with Crippen molar-refractivity contribution < 1.29 is 9.59 Å². The number of likely N-dealkylation sites (tertiary alicyclic amines) is 1. The molecule has 2 fully saturated rings. The van der Waals surface area contributed by atoms with Gasteiger partial charge in [-0.2, -0.15) is 0 Å². The maximum absolute atomic E-state index is 13.0. The molecule has 2 atom stereocenters. The van der Waals surface area contributed by atoms with Crippen LogP contribution in [0.15, 0.2) is 24.3 Å². The molecular weight excluding hydrogens is 349 g/mol. The van der Waals surface area contributed by atoms with Gasteiger partial charge >= 0.3 is 0 Å². The predicted octanol–water partition coefficient (Wildman–Crippen LogP) is 2.10. The Labute approximate surface area is 153 Å². The Hall–Kier alpha value is -1.30. The lowest BCUT2D eigenvalue weighted by Crippen LogP contribution is -2.50. The summed E-state index contributed by atoms with van der Waals surface area (Å²) in [4.78, 5) is 28.2. The quantitative estimate of drug-likeness (QED) is 0.865. The van der Waals surface area contributed by atoms with E-state index in [9.17, 15) is 9.59 Å². The first-order valence-electron chi connectivity index (χ1n) is 8.08. The molecule has 7 heteroatoms. The lowest BCUT2D eigenvalue weighted by atomic mass is 10.00. The first-order valence-corrected chi connectivity index (χ1v) is 8.46. The molecule has 132 valence electrons. The van der Waals surface area contributed by atoms with Gasteiger partial charge in [-0.3, -0.25) is 9.59 Å². The van der Waals surface area contributed by atoms with Gasteiger partial charge in [-0.05, 0) is 24.1 Å². The fraction of sp³-hybridized carbons (Fsp3) is 0.529. The molecule has 2 amide bonds. The minimum absolute atomic E-state index is 0. The summed E-state index contributed by atoms with van der Waals surface area (Å²) in [6, 6.07) is 7.70. The maximum Gasteiger partial charge on any atom is 0.228 e. The lowest BCUT2D eigenvalue weighted by molar-refractivity contribution is -0.138. The fourth-order valence-corrected chi connectivity index (χ4v) is 3.66. The number of benzene rings is 1. The molecule has 0 aliphatic carbocycles. The Morgan fingerprint density at radius 3 is 2.75 bits per heavy atom. The van der Waals surface area contributed by atoms with Crippen molar-refractivity contribution in [2.24, 2.45) is 5.92 Å². The van der Waals surface area contributed by atoms with E-state index < -0.39 is 0 Å². The molecule has 24 heavy (non-hydrogen) atoms. The molecule has 2 saturated heterocycles. The van der Waals surface area contributed by atoms with Gasteiger partial charge in [-0.15, -0.1) is 12.4 Å². The van der Waals surface area contributed by atoms with E-state index in [1.54, 1.807) is 11.8 Å². The normalized spacial score (nSPS) is 23.8. The highest BCUT2D eigenvalue weighted by Gasteiger charge is 2.36. The highest BCUT2D eigenvalue weighted by molar-refractivity contribution is 6.30. The zero-order chi connectivity index (χ0) is 16.4. The minimum atomic E-state index is -0.0846. The third-order valence-electron chi connectivity index (χ3n) is 4.74. The number of hydrogen-bond acceptors (Lipinski definition) is 3. The summed E-state index contributed by atoms with van der Waals surface area (Å²) < 4.78 is 0. The fourth-order valence-electron chi connectivity index (χ4n) is 3.46. The number of hydrogen-bond donors (Lipinski definition) is 1. The molecule has 0 saturated carbocycles. The Morgan fingerprint density at radius 1 is 1.29 bits per heavy atom. The number of carbonyl (C=O) groups is 2. The lowest BCUT2D eigenvalue weighted by Gasteiger charge is -2.38. The predicted molar refractivity (Wildman–Crippen MR) is 96.4 cm³/mol. The van der Waals surface area contributed by atoms with Crippen molar-refractivity contribution in [2.45, 2.75) is 19.4 Å². The van der Waals surface area contributed by atoms with Crippen LogP contribution in [0.4, 0.5) is 0 Å². The average molecular weight is 372 g/mol. The second-order valence-electron chi connectivity index (χ2n) is 6.26. The second kappa shape index (κ2) is 8.19. The number of piperazine rings is 1. The van der Waals surface area contributed by atoms with Gasteiger partial charge < -0.3 is 15.1 Å². The van der Waals surface area contributed by atoms with Crippen LogP contribution in [-0.2, 0) is 9.59 Å². The highest BCUT2D eigenvalue weighted by Crippen LogP contribution is 2.28. The van der Waals surface area contributed by atoms with Crippen LogP contribution in [0.5, 0.6) is 0 Å². The van der Waals surface area contributed by atoms with Gasteiger partial charge in [-0.25, -0.2) is 0 Å². The second-order valence-corrected chi connectivity index (χ2v) is 6.69. The van der Waals surface area contributed by atoms with E-state index in [1.165, 1.54) is 0 Å². The van der Waals surface area contributed by atoms with Gasteiger partial charge in [-0.1, -0.05) is 23.7 Å². The van der Waals surface area contributed by atoms with Crippen molar-refractivity contribution in [1.29, 1.82) is 0 Å². The smallest absolute Gasteiger partial charge is 0.228 e. The van der Waals surface area contributed by atoms with Crippen molar-refractivity contribution in [2.75, 3.05) is 32.7 Å². The standard InChI is InChI=1S/C17H22ClN3O2.ClH/c1-12(22)20-7-5-14(11-20)17(23)21-8-6-19-10-16(21)13-3-2-4-15(18)9-13;/h2-4,9,14,16,19H,5-8,10-11H2,1H3;1H. The van der Waals surface area contributed by atoms with Gasteiger partial charge in [0.1, 0.15) is 0 Å². The van der Waals surface area contributed by atoms with Crippen LogP contribution >= 0.6 is 24.0 Å². The number of rotatable bonds is 2. The van der Waals surface area contributed by atoms with E-state index in [-0.39, 0.29) is 36.2 Å². The van der Waals surface area contributed by atoms with Gasteiger partial charge in [0.05, 0.1) is 12.0 Å². The van der Waals surface area contributed by atoms with Crippen molar-refractivity contribution in [3.05, 3.63) is 34.9 Å². The van der Waals surface area contributed by atoms with Crippen LogP contribution in [0.2, 0.25) is 5.02 Å². The molecule has 1 aromatic carbocycles. The Balaban J connectivity index is 0.00000208. The first-order chi connectivity index (χ1) is 11.1. The van der Waals surface area contributed by atoms with Crippen molar-refractivity contribution >= 4 is 35.8 Å². The summed E-state index contributed by atoms with van der Waals surface area (Å²) in [6.45, 7) is 5.00. The molecule has 1 N–H and O–H groups in total. The van der Waals surface area contributed by atoms with E-state index in [0.717, 1.165) is 25.1 Å². The average Bonchev–Trinajstić information content (AvgIpc) is 3.04. The van der Waals surface area contributed by atoms with Crippen LogP contribution in [0, 0.1) is 5.92 Å². The molecule has 2 aliphatic rings. The highest BCUT2D eigenvalue weighted by atomic mass is 35.5. The van der Waals surface area contributed by atoms with Gasteiger partial charge in [0.2, 0.25) is 11.8 Å². The molecule has 3 rings (SSSR count). The molecule has 2 aliphatic heterocycles. The van der Waals surface area contributed by atoms with Crippen LogP contribution in [-0.4, -0.2) is 54.3 Å². The van der Waals surface area contributed by atoms with Crippen LogP contribution in [0.3, 0.4) is 0 Å². The maximum atomic E-state index is 13.0. The number of nitrogens with zero attached hydrogens (tertiary/aromatic N) is 2. The summed E-state index contributed by atoms with van der Waals surface area (Å²) in [5.74, 6) is 0.117. The molecule has 5 nitrogen and oxygen atoms in total. The molecule has 2 heterocycles. The Bertz CT molecular complexity index is 611. The molecule has 2 unspecified atom stereocenters. The van der Waals surface area contributed by atoms with Gasteiger partial charge in [0, 0.05) is 44.7 Å². The Kier molecular flexibility index (Phi) is 6.49. The number of nitrogens with one attached hydrogen (secondary N) is 1. The van der Waals surface area contributed by atoms with Crippen molar-refractivity contribution in [3.63, 3.8) is 0 Å². The third kappa shape index (κ3) is 4.02. The molecule has 1 aromatic rings. The van der Waals surface area contributed by atoms with Crippen molar-refractivity contribution in [3.8, 4) is 0 Å². The summed E-state index contributed by atoms with van der Waals surface area (Å²) >= 11 is 6.10. The summed E-state index contributed by atoms with van der Waals surface area (Å²) in [6.07, 6.45) is 0.755. The molecular formula is C17H23Cl2N3O2. The number of halogens is 2. The minimum Gasteiger partial charge on any atom is -0.342 e. The van der Waals surface area contributed by atoms with Crippen LogP contribution in [0.25, 0.3) is 0 Å².